The second-order valence-electron chi connectivity index (χ2n) is 4.41. The minimum atomic E-state index is -0.905. The Labute approximate surface area is 115 Å². The van der Waals surface area contributed by atoms with E-state index in [1.807, 2.05) is 19.1 Å². The topological polar surface area (TPSA) is 57.6 Å². The molecule has 0 fully saturated rings. The van der Waals surface area contributed by atoms with Crippen molar-refractivity contribution < 1.29 is 14.7 Å². The third-order valence-corrected chi connectivity index (χ3v) is 3.33. The van der Waals surface area contributed by atoms with Crippen LogP contribution >= 0.6 is 15.9 Å². The summed E-state index contributed by atoms with van der Waals surface area (Å²) < 4.78 is 0.724. The Kier molecular flexibility index (Phi) is 4.90. The van der Waals surface area contributed by atoms with Crippen LogP contribution in [-0.4, -0.2) is 35.5 Å². The van der Waals surface area contributed by atoms with Gasteiger partial charge in [0.25, 0.3) is 5.91 Å². The van der Waals surface area contributed by atoms with Crippen molar-refractivity contribution in [1.29, 1.82) is 0 Å². The third kappa shape index (κ3) is 3.57. The molecule has 1 aromatic rings. The van der Waals surface area contributed by atoms with E-state index in [0.717, 1.165) is 10.0 Å². The minimum absolute atomic E-state index is 0.185. The number of carboxylic acid groups (broad SMARTS) is 1. The lowest BCUT2D eigenvalue weighted by Crippen LogP contribution is -2.33. The largest absolute Gasteiger partial charge is 0.481 e. The second kappa shape index (κ2) is 6.00. The van der Waals surface area contributed by atoms with Gasteiger partial charge in [-0.25, -0.2) is 0 Å². The Hall–Kier alpha value is -1.36. The number of aliphatic carboxylic acids is 1. The quantitative estimate of drug-likeness (QED) is 0.929. The van der Waals surface area contributed by atoms with Crippen LogP contribution in [0.2, 0.25) is 0 Å². The lowest BCUT2D eigenvalue weighted by Gasteiger charge is -2.20. The Morgan fingerprint density at radius 1 is 1.44 bits per heavy atom. The van der Waals surface area contributed by atoms with E-state index in [1.54, 1.807) is 20.0 Å². The predicted molar refractivity (Wildman–Crippen MR) is 72.6 cm³/mol. The van der Waals surface area contributed by atoms with Crippen LogP contribution in [0.25, 0.3) is 0 Å². The third-order valence-electron chi connectivity index (χ3n) is 2.67. The number of benzene rings is 1. The van der Waals surface area contributed by atoms with Gasteiger partial charge in [0.05, 0.1) is 11.5 Å². The highest BCUT2D eigenvalue weighted by Crippen LogP contribution is 2.20. The van der Waals surface area contributed by atoms with Crippen LogP contribution in [0.3, 0.4) is 0 Å². The molecule has 4 nitrogen and oxygen atoms in total. The lowest BCUT2D eigenvalue weighted by molar-refractivity contribution is -0.141. The van der Waals surface area contributed by atoms with Crippen molar-refractivity contribution in [3.05, 3.63) is 33.8 Å². The summed E-state index contributed by atoms with van der Waals surface area (Å²) in [4.78, 5) is 24.3. The molecule has 0 aliphatic rings. The van der Waals surface area contributed by atoms with Crippen LogP contribution in [0, 0.1) is 12.8 Å². The highest BCUT2D eigenvalue weighted by Gasteiger charge is 2.19. The van der Waals surface area contributed by atoms with Crippen molar-refractivity contribution in [2.24, 2.45) is 5.92 Å². The SMILES string of the molecule is Cc1ccc(C(=O)N(C)CC(C)C(=O)O)c(Br)c1. The molecular weight excluding hydrogens is 298 g/mol. The van der Waals surface area contributed by atoms with Gasteiger partial charge in [0, 0.05) is 18.1 Å². The van der Waals surface area contributed by atoms with E-state index in [2.05, 4.69) is 15.9 Å². The van der Waals surface area contributed by atoms with Gasteiger partial charge in [0.2, 0.25) is 0 Å². The van der Waals surface area contributed by atoms with Crippen LogP contribution < -0.4 is 0 Å². The van der Waals surface area contributed by atoms with E-state index in [9.17, 15) is 9.59 Å². The van der Waals surface area contributed by atoms with Crippen molar-refractivity contribution in [2.45, 2.75) is 13.8 Å². The highest BCUT2D eigenvalue weighted by atomic mass is 79.9. The number of carbonyl (C=O) groups is 2. The molecule has 0 aliphatic heterocycles. The summed E-state index contributed by atoms with van der Waals surface area (Å²) in [6, 6.07) is 5.46. The molecule has 18 heavy (non-hydrogen) atoms. The Morgan fingerprint density at radius 2 is 2.06 bits per heavy atom. The number of hydrogen-bond acceptors (Lipinski definition) is 2. The van der Waals surface area contributed by atoms with Crippen LogP contribution in [0.4, 0.5) is 0 Å². The van der Waals surface area contributed by atoms with E-state index in [0.29, 0.717) is 5.56 Å². The van der Waals surface area contributed by atoms with Crippen LogP contribution in [0.5, 0.6) is 0 Å². The number of carbonyl (C=O) groups excluding carboxylic acids is 1. The summed E-state index contributed by atoms with van der Waals surface area (Å²) in [6.07, 6.45) is 0. The zero-order chi connectivity index (χ0) is 13.9. The summed E-state index contributed by atoms with van der Waals surface area (Å²) >= 11 is 3.35. The molecule has 1 unspecified atom stereocenters. The molecule has 1 atom stereocenters. The molecule has 1 aromatic carbocycles. The van der Waals surface area contributed by atoms with Gasteiger partial charge in [-0.3, -0.25) is 9.59 Å². The second-order valence-corrected chi connectivity index (χ2v) is 5.26. The fourth-order valence-corrected chi connectivity index (χ4v) is 2.23. The number of aryl methyl sites for hydroxylation is 1. The molecule has 0 bridgehead atoms. The van der Waals surface area contributed by atoms with Gasteiger partial charge in [-0.1, -0.05) is 13.0 Å². The molecule has 1 N–H and O–H groups in total. The van der Waals surface area contributed by atoms with Crippen molar-refractivity contribution in [3.63, 3.8) is 0 Å². The van der Waals surface area contributed by atoms with Gasteiger partial charge in [0.1, 0.15) is 0 Å². The normalized spacial score (nSPS) is 12.0. The molecule has 5 heteroatoms. The average Bonchev–Trinajstić information content (AvgIpc) is 2.27. The fraction of sp³-hybridized carbons (Fsp3) is 0.385. The number of rotatable bonds is 4. The standard InChI is InChI=1S/C13H16BrNO3/c1-8-4-5-10(11(14)6-8)12(16)15(3)7-9(2)13(17)18/h4-6,9H,7H2,1-3H3,(H,17,18). The first-order valence-electron chi connectivity index (χ1n) is 5.57. The summed E-state index contributed by atoms with van der Waals surface area (Å²) in [6.45, 7) is 3.71. The maximum absolute atomic E-state index is 12.1. The summed E-state index contributed by atoms with van der Waals surface area (Å²) in [5.74, 6) is -1.67. The Morgan fingerprint density at radius 3 is 2.56 bits per heavy atom. The first kappa shape index (κ1) is 14.7. The number of carboxylic acids is 1. The van der Waals surface area contributed by atoms with Gasteiger partial charge < -0.3 is 10.0 Å². The first-order valence-corrected chi connectivity index (χ1v) is 6.36. The van der Waals surface area contributed by atoms with Crippen LogP contribution in [-0.2, 0) is 4.79 Å². The molecular formula is C13H16BrNO3. The molecule has 1 rings (SSSR count). The van der Waals surface area contributed by atoms with E-state index in [-0.39, 0.29) is 12.5 Å². The highest BCUT2D eigenvalue weighted by molar-refractivity contribution is 9.10. The maximum atomic E-state index is 12.1. The Balaban J connectivity index is 2.83. The smallest absolute Gasteiger partial charge is 0.308 e. The monoisotopic (exact) mass is 313 g/mol. The molecule has 0 heterocycles. The zero-order valence-corrected chi connectivity index (χ0v) is 12.2. The average molecular weight is 314 g/mol. The molecule has 0 aliphatic carbocycles. The summed E-state index contributed by atoms with van der Waals surface area (Å²) in [5, 5.41) is 8.83. The zero-order valence-electron chi connectivity index (χ0n) is 10.6. The van der Waals surface area contributed by atoms with Crippen LogP contribution in [0.15, 0.2) is 22.7 Å². The van der Waals surface area contributed by atoms with Gasteiger partial charge in [0.15, 0.2) is 0 Å². The Bertz CT molecular complexity index is 473. The fourth-order valence-electron chi connectivity index (χ4n) is 1.57. The van der Waals surface area contributed by atoms with E-state index >= 15 is 0 Å². The van der Waals surface area contributed by atoms with Gasteiger partial charge in [-0.15, -0.1) is 0 Å². The molecule has 0 saturated carbocycles. The van der Waals surface area contributed by atoms with E-state index in [4.69, 9.17) is 5.11 Å². The predicted octanol–water partition coefficient (Wildman–Crippen LogP) is 2.55. The molecule has 98 valence electrons. The van der Waals surface area contributed by atoms with Crippen LogP contribution in [0.1, 0.15) is 22.8 Å². The van der Waals surface area contributed by atoms with Gasteiger partial charge in [-0.05, 0) is 40.5 Å². The number of nitrogens with zero attached hydrogens (tertiary/aromatic N) is 1. The molecule has 0 spiro atoms. The maximum Gasteiger partial charge on any atom is 0.308 e. The first-order chi connectivity index (χ1) is 8.32. The number of hydrogen-bond donors (Lipinski definition) is 1. The number of halogens is 1. The van der Waals surface area contributed by atoms with Crippen molar-refractivity contribution in [3.8, 4) is 0 Å². The summed E-state index contributed by atoms with van der Waals surface area (Å²) in [5.41, 5.74) is 1.60. The number of amides is 1. The van der Waals surface area contributed by atoms with Crippen molar-refractivity contribution in [2.75, 3.05) is 13.6 Å². The molecule has 0 saturated heterocycles. The lowest BCUT2D eigenvalue weighted by atomic mass is 10.1. The molecule has 0 radical (unpaired) electrons. The molecule has 0 aromatic heterocycles. The van der Waals surface area contributed by atoms with E-state index < -0.39 is 11.9 Å². The van der Waals surface area contributed by atoms with Gasteiger partial charge >= 0.3 is 5.97 Å². The minimum Gasteiger partial charge on any atom is -0.481 e. The van der Waals surface area contributed by atoms with Crippen molar-refractivity contribution >= 4 is 27.8 Å². The summed E-state index contributed by atoms with van der Waals surface area (Å²) in [7, 11) is 1.61. The van der Waals surface area contributed by atoms with E-state index in [1.165, 1.54) is 4.90 Å². The van der Waals surface area contributed by atoms with Gasteiger partial charge in [-0.2, -0.15) is 0 Å². The van der Waals surface area contributed by atoms with Crippen molar-refractivity contribution in [1.82, 2.24) is 4.90 Å². The molecule has 1 amide bonds.